The highest BCUT2D eigenvalue weighted by molar-refractivity contribution is 5.94. The first kappa shape index (κ1) is 19.5. The SMILES string of the molecule is O=C(C[NH+]1CCOCC1)N(C/C=C/c1ccccc1)c1ccc2c(c1)OCCO2. The Kier molecular flexibility index (Phi) is 6.44. The third-order valence-corrected chi connectivity index (χ3v) is 5.14. The lowest BCUT2D eigenvalue weighted by Crippen LogP contribution is -3.15. The van der Waals surface area contributed by atoms with Gasteiger partial charge in [0.25, 0.3) is 5.91 Å². The summed E-state index contributed by atoms with van der Waals surface area (Å²) in [6.07, 6.45) is 4.07. The highest BCUT2D eigenvalue weighted by Gasteiger charge is 2.24. The number of rotatable bonds is 6. The molecule has 1 amide bonds. The Morgan fingerprint density at radius 2 is 1.72 bits per heavy atom. The van der Waals surface area contributed by atoms with Crippen molar-refractivity contribution in [2.24, 2.45) is 0 Å². The second-order valence-electron chi connectivity index (χ2n) is 7.18. The highest BCUT2D eigenvalue weighted by atomic mass is 16.6. The fourth-order valence-electron chi connectivity index (χ4n) is 3.56. The van der Waals surface area contributed by atoms with E-state index in [0.717, 1.165) is 30.1 Å². The van der Waals surface area contributed by atoms with Gasteiger partial charge in [-0.25, -0.2) is 0 Å². The molecule has 0 aromatic heterocycles. The number of carbonyl (C=O) groups is 1. The van der Waals surface area contributed by atoms with Gasteiger partial charge < -0.3 is 24.0 Å². The molecule has 0 radical (unpaired) electrons. The van der Waals surface area contributed by atoms with Gasteiger partial charge in [0.1, 0.15) is 26.3 Å². The lowest BCUT2D eigenvalue weighted by Gasteiger charge is -2.28. The number of benzene rings is 2. The highest BCUT2D eigenvalue weighted by Crippen LogP contribution is 2.34. The van der Waals surface area contributed by atoms with Crippen LogP contribution in [0.4, 0.5) is 5.69 Å². The number of quaternary nitrogens is 1. The molecule has 1 fully saturated rings. The second-order valence-corrected chi connectivity index (χ2v) is 7.18. The molecule has 2 aromatic rings. The van der Waals surface area contributed by atoms with Gasteiger partial charge in [0.15, 0.2) is 18.0 Å². The van der Waals surface area contributed by atoms with Crippen molar-refractivity contribution in [3.05, 3.63) is 60.2 Å². The predicted octanol–water partition coefficient (Wildman–Crippen LogP) is 1.42. The van der Waals surface area contributed by atoms with Crippen molar-refractivity contribution < 1.29 is 23.9 Å². The fourth-order valence-corrected chi connectivity index (χ4v) is 3.56. The summed E-state index contributed by atoms with van der Waals surface area (Å²) in [7, 11) is 0. The van der Waals surface area contributed by atoms with Crippen LogP contribution in [0.2, 0.25) is 0 Å². The molecule has 0 unspecified atom stereocenters. The first-order chi connectivity index (χ1) is 14.3. The molecule has 6 heteroatoms. The molecule has 0 atom stereocenters. The number of anilines is 1. The number of amides is 1. The summed E-state index contributed by atoms with van der Waals surface area (Å²) < 4.78 is 16.7. The van der Waals surface area contributed by atoms with Gasteiger partial charge in [0.05, 0.1) is 13.2 Å². The molecule has 0 spiro atoms. The maximum Gasteiger partial charge on any atom is 0.282 e. The van der Waals surface area contributed by atoms with Crippen molar-refractivity contribution in [1.82, 2.24) is 0 Å². The third-order valence-electron chi connectivity index (χ3n) is 5.14. The van der Waals surface area contributed by atoms with Crippen LogP contribution in [0.1, 0.15) is 5.56 Å². The first-order valence-electron chi connectivity index (χ1n) is 10.1. The monoisotopic (exact) mass is 395 g/mol. The zero-order chi connectivity index (χ0) is 19.9. The normalized spacial score (nSPS) is 16.7. The summed E-state index contributed by atoms with van der Waals surface area (Å²) in [6.45, 7) is 5.17. The van der Waals surface area contributed by atoms with E-state index in [4.69, 9.17) is 14.2 Å². The lowest BCUT2D eigenvalue weighted by molar-refractivity contribution is -0.900. The van der Waals surface area contributed by atoms with Crippen LogP contribution in [-0.2, 0) is 9.53 Å². The maximum absolute atomic E-state index is 13.2. The predicted molar refractivity (Wildman–Crippen MR) is 112 cm³/mol. The number of nitrogens with one attached hydrogen (secondary N) is 1. The number of nitrogens with zero attached hydrogens (tertiary/aromatic N) is 1. The Bertz CT molecular complexity index is 847. The minimum atomic E-state index is 0.0938. The smallest absolute Gasteiger partial charge is 0.282 e. The first-order valence-corrected chi connectivity index (χ1v) is 10.1. The summed E-state index contributed by atoms with van der Waals surface area (Å²) in [5.41, 5.74) is 1.94. The molecule has 152 valence electrons. The minimum Gasteiger partial charge on any atom is -0.486 e. The van der Waals surface area contributed by atoms with Crippen molar-refractivity contribution in [2.45, 2.75) is 0 Å². The van der Waals surface area contributed by atoms with E-state index in [0.29, 0.717) is 45.3 Å². The molecule has 0 saturated carbocycles. The summed E-state index contributed by atoms with van der Waals surface area (Å²) in [5, 5.41) is 0. The van der Waals surface area contributed by atoms with Gasteiger partial charge in [-0.15, -0.1) is 0 Å². The van der Waals surface area contributed by atoms with Crippen LogP contribution in [0, 0.1) is 0 Å². The van der Waals surface area contributed by atoms with E-state index in [-0.39, 0.29) is 5.91 Å². The molecule has 29 heavy (non-hydrogen) atoms. The van der Waals surface area contributed by atoms with Crippen LogP contribution in [0.15, 0.2) is 54.6 Å². The second kappa shape index (κ2) is 9.58. The van der Waals surface area contributed by atoms with Crippen molar-refractivity contribution in [3.63, 3.8) is 0 Å². The molecular weight excluding hydrogens is 368 g/mol. The molecular formula is C23H27N2O4+. The minimum absolute atomic E-state index is 0.0938. The van der Waals surface area contributed by atoms with Gasteiger partial charge in [0, 0.05) is 18.3 Å². The summed E-state index contributed by atoms with van der Waals surface area (Å²) in [5.74, 6) is 1.51. The Labute approximate surface area is 171 Å². The Balaban J connectivity index is 1.52. The Morgan fingerprint density at radius 1 is 0.966 bits per heavy atom. The van der Waals surface area contributed by atoms with Gasteiger partial charge >= 0.3 is 0 Å². The van der Waals surface area contributed by atoms with E-state index in [1.165, 1.54) is 4.90 Å². The molecule has 2 aliphatic heterocycles. The van der Waals surface area contributed by atoms with E-state index in [1.54, 1.807) is 0 Å². The van der Waals surface area contributed by atoms with Gasteiger partial charge in [0.2, 0.25) is 0 Å². The quantitative estimate of drug-likeness (QED) is 0.804. The molecule has 2 heterocycles. The zero-order valence-electron chi connectivity index (χ0n) is 16.5. The van der Waals surface area contributed by atoms with Gasteiger partial charge in [-0.3, -0.25) is 4.79 Å². The number of carbonyl (C=O) groups excluding carboxylic acids is 1. The van der Waals surface area contributed by atoms with Gasteiger partial charge in [-0.2, -0.15) is 0 Å². The third kappa shape index (κ3) is 5.16. The average Bonchev–Trinajstić information content (AvgIpc) is 2.78. The van der Waals surface area contributed by atoms with Crippen LogP contribution in [0.25, 0.3) is 6.08 Å². The van der Waals surface area contributed by atoms with E-state index in [2.05, 4.69) is 0 Å². The summed E-state index contributed by atoms with van der Waals surface area (Å²) in [4.78, 5) is 16.3. The van der Waals surface area contributed by atoms with Crippen LogP contribution >= 0.6 is 0 Å². The number of hydrogen-bond acceptors (Lipinski definition) is 4. The van der Waals surface area contributed by atoms with Crippen LogP contribution in [0.3, 0.4) is 0 Å². The molecule has 0 aliphatic carbocycles. The van der Waals surface area contributed by atoms with E-state index >= 15 is 0 Å². The van der Waals surface area contributed by atoms with Crippen LogP contribution in [0.5, 0.6) is 11.5 Å². The Hall–Kier alpha value is -2.83. The zero-order valence-corrected chi connectivity index (χ0v) is 16.5. The molecule has 2 aromatic carbocycles. The standard InChI is InChI=1S/C23H26N2O4/c26-23(18-24-11-13-27-14-12-24)25(10-4-7-19-5-2-1-3-6-19)20-8-9-21-22(17-20)29-16-15-28-21/h1-9,17H,10-16,18H2/p+1/b7-4+. The van der Waals surface area contributed by atoms with Crippen molar-refractivity contribution in [1.29, 1.82) is 0 Å². The number of hydrogen-bond donors (Lipinski definition) is 1. The lowest BCUT2D eigenvalue weighted by atomic mass is 10.2. The summed E-state index contributed by atoms with van der Waals surface area (Å²) in [6, 6.07) is 15.8. The number of morpholine rings is 1. The molecule has 1 saturated heterocycles. The summed E-state index contributed by atoms with van der Waals surface area (Å²) >= 11 is 0. The largest absolute Gasteiger partial charge is 0.486 e. The van der Waals surface area contributed by atoms with Gasteiger partial charge in [-0.05, 0) is 17.7 Å². The van der Waals surface area contributed by atoms with Gasteiger partial charge in [-0.1, -0.05) is 42.5 Å². The number of fused-ring (bicyclic) bond motifs is 1. The number of ether oxygens (including phenoxy) is 3. The molecule has 6 nitrogen and oxygen atoms in total. The van der Waals surface area contributed by atoms with Crippen LogP contribution in [-0.4, -0.2) is 58.5 Å². The average molecular weight is 395 g/mol. The fraction of sp³-hybridized carbons (Fsp3) is 0.348. The van der Waals surface area contributed by atoms with Crippen molar-refractivity contribution in [2.75, 3.05) is 57.5 Å². The van der Waals surface area contributed by atoms with E-state index in [1.807, 2.05) is 65.6 Å². The van der Waals surface area contributed by atoms with E-state index in [9.17, 15) is 4.79 Å². The molecule has 2 aliphatic rings. The Morgan fingerprint density at radius 3 is 2.52 bits per heavy atom. The van der Waals surface area contributed by atoms with Crippen LogP contribution < -0.4 is 19.3 Å². The van der Waals surface area contributed by atoms with E-state index < -0.39 is 0 Å². The molecule has 1 N–H and O–H groups in total. The van der Waals surface area contributed by atoms with Crippen molar-refractivity contribution >= 4 is 17.7 Å². The molecule has 0 bridgehead atoms. The van der Waals surface area contributed by atoms with Crippen molar-refractivity contribution in [3.8, 4) is 11.5 Å². The topological polar surface area (TPSA) is 52.4 Å². The molecule has 4 rings (SSSR count). The maximum atomic E-state index is 13.2.